The summed E-state index contributed by atoms with van der Waals surface area (Å²) in [6.07, 6.45) is 5.36. The van der Waals surface area contributed by atoms with E-state index >= 15 is 0 Å². The summed E-state index contributed by atoms with van der Waals surface area (Å²) in [4.78, 5) is 0. The molecule has 0 aromatic rings. The predicted octanol–water partition coefficient (Wildman–Crippen LogP) is 1.60. The molecule has 14 heavy (non-hydrogen) atoms. The van der Waals surface area contributed by atoms with Crippen LogP contribution in [0.5, 0.6) is 0 Å². The summed E-state index contributed by atoms with van der Waals surface area (Å²) >= 11 is 0. The van der Waals surface area contributed by atoms with Crippen molar-refractivity contribution < 1.29 is 8.42 Å². The number of hydrogen-bond donors (Lipinski definition) is 0. The van der Waals surface area contributed by atoms with E-state index in [1.807, 2.05) is 6.92 Å². The van der Waals surface area contributed by atoms with Gasteiger partial charge in [-0.15, -0.1) is 0 Å². The van der Waals surface area contributed by atoms with Crippen molar-refractivity contribution in [2.45, 2.75) is 45.1 Å². The van der Waals surface area contributed by atoms with Crippen molar-refractivity contribution in [3.8, 4) is 0 Å². The second-order valence-corrected chi connectivity index (χ2v) is 6.51. The first-order valence-corrected chi connectivity index (χ1v) is 7.25. The van der Waals surface area contributed by atoms with Crippen molar-refractivity contribution in [2.75, 3.05) is 12.3 Å². The zero-order chi connectivity index (χ0) is 10.2. The number of nitrogens with zero attached hydrogens (tertiary/aromatic N) is 1. The third-order valence-electron chi connectivity index (χ3n) is 3.23. The Morgan fingerprint density at radius 1 is 1.29 bits per heavy atom. The molecule has 1 saturated heterocycles. The molecular weight excluding hydrogens is 198 g/mol. The van der Waals surface area contributed by atoms with Crippen LogP contribution in [0.3, 0.4) is 0 Å². The van der Waals surface area contributed by atoms with Gasteiger partial charge in [0.05, 0.1) is 5.75 Å². The molecule has 0 spiro atoms. The van der Waals surface area contributed by atoms with Crippen LogP contribution in [-0.2, 0) is 10.0 Å². The van der Waals surface area contributed by atoms with E-state index in [0.717, 1.165) is 25.8 Å². The molecule has 1 atom stereocenters. The topological polar surface area (TPSA) is 37.4 Å². The first-order valence-electron chi connectivity index (χ1n) is 5.64. The normalized spacial score (nSPS) is 29.6. The van der Waals surface area contributed by atoms with Crippen LogP contribution >= 0.6 is 0 Å². The zero-order valence-electron chi connectivity index (χ0n) is 8.78. The molecule has 1 aliphatic carbocycles. The van der Waals surface area contributed by atoms with Gasteiger partial charge in [-0.05, 0) is 38.0 Å². The van der Waals surface area contributed by atoms with E-state index in [1.165, 1.54) is 12.8 Å². The fourth-order valence-electron chi connectivity index (χ4n) is 2.44. The van der Waals surface area contributed by atoms with Gasteiger partial charge >= 0.3 is 0 Å². The van der Waals surface area contributed by atoms with E-state index in [-0.39, 0.29) is 0 Å². The first-order chi connectivity index (χ1) is 6.65. The summed E-state index contributed by atoms with van der Waals surface area (Å²) < 4.78 is 25.6. The van der Waals surface area contributed by atoms with Gasteiger partial charge in [0.1, 0.15) is 0 Å². The van der Waals surface area contributed by atoms with Gasteiger partial charge in [0.15, 0.2) is 0 Å². The maximum atomic E-state index is 11.9. The molecule has 0 N–H and O–H groups in total. The predicted molar refractivity (Wildman–Crippen MR) is 56.5 cm³/mol. The molecule has 0 bridgehead atoms. The monoisotopic (exact) mass is 217 g/mol. The Morgan fingerprint density at radius 2 is 2.00 bits per heavy atom. The van der Waals surface area contributed by atoms with Crippen LogP contribution in [0.25, 0.3) is 0 Å². The van der Waals surface area contributed by atoms with Crippen molar-refractivity contribution in [1.29, 1.82) is 0 Å². The highest BCUT2D eigenvalue weighted by Gasteiger charge is 2.42. The van der Waals surface area contributed by atoms with Crippen molar-refractivity contribution >= 4 is 10.0 Å². The summed E-state index contributed by atoms with van der Waals surface area (Å²) in [5.74, 6) is 1.01. The summed E-state index contributed by atoms with van der Waals surface area (Å²) in [5.41, 5.74) is 0. The molecule has 0 radical (unpaired) electrons. The van der Waals surface area contributed by atoms with Gasteiger partial charge < -0.3 is 0 Å². The zero-order valence-corrected chi connectivity index (χ0v) is 9.59. The highest BCUT2D eigenvalue weighted by atomic mass is 32.2. The smallest absolute Gasteiger partial charge is 0.212 e. The van der Waals surface area contributed by atoms with Crippen molar-refractivity contribution in [2.24, 2.45) is 5.92 Å². The minimum Gasteiger partial charge on any atom is -0.212 e. The molecule has 82 valence electrons. The standard InChI is InChI=1S/C10H19NO2S/c1-2-8-14(12,13)11-7-3-4-10(11)9-5-6-9/h9-10H,2-8H2,1H3. The Morgan fingerprint density at radius 3 is 2.57 bits per heavy atom. The van der Waals surface area contributed by atoms with E-state index in [0.29, 0.717) is 17.7 Å². The molecule has 4 heteroatoms. The van der Waals surface area contributed by atoms with Gasteiger partial charge in [0.2, 0.25) is 10.0 Å². The van der Waals surface area contributed by atoms with Crippen molar-refractivity contribution in [3.63, 3.8) is 0 Å². The fourth-order valence-corrected chi connectivity index (χ4v) is 4.29. The Kier molecular flexibility index (Phi) is 2.84. The molecule has 2 fully saturated rings. The molecular formula is C10H19NO2S. The molecule has 0 aromatic carbocycles. The van der Waals surface area contributed by atoms with E-state index in [4.69, 9.17) is 0 Å². The fraction of sp³-hybridized carbons (Fsp3) is 1.00. The third kappa shape index (κ3) is 1.96. The van der Waals surface area contributed by atoms with E-state index in [2.05, 4.69) is 0 Å². The van der Waals surface area contributed by atoms with Crippen LogP contribution in [0.1, 0.15) is 39.0 Å². The third-order valence-corrected chi connectivity index (χ3v) is 5.33. The quantitative estimate of drug-likeness (QED) is 0.717. The highest BCUT2D eigenvalue weighted by Crippen LogP contribution is 2.41. The van der Waals surface area contributed by atoms with E-state index in [9.17, 15) is 8.42 Å². The van der Waals surface area contributed by atoms with E-state index in [1.54, 1.807) is 4.31 Å². The molecule has 3 nitrogen and oxygen atoms in total. The Bertz CT molecular complexity index is 295. The molecule has 0 amide bonds. The minimum atomic E-state index is -2.93. The van der Waals surface area contributed by atoms with Gasteiger partial charge in [-0.25, -0.2) is 8.42 Å². The lowest BCUT2D eigenvalue weighted by molar-refractivity contribution is 0.356. The number of hydrogen-bond acceptors (Lipinski definition) is 2. The minimum absolute atomic E-state index is 0.330. The van der Waals surface area contributed by atoms with Crippen molar-refractivity contribution in [1.82, 2.24) is 4.31 Å². The highest BCUT2D eigenvalue weighted by molar-refractivity contribution is 7.89. The van der Waals surface area contributed by atoms with Gasteiger partial charge in [0, 0.05) is 12.6 Å². The van der Waals surface area contributed by atoms with Crippen LogP contribution in [0.4, 0.5) is 0 Å². The van der Waals surface area contributed by atoms with Crippen LogP contribution in [0.15, 0.2) is 0 Å². The van der Waals surface area contributed by atoms with Gasteiger partial charge in [-0.3, -0.25) is 0 Å². The van der Waals surface area contributed by atoms with Crippen molar-refractivity contribution in [3.05, 3.63) is 0 Å². The molecule has 0 aromatic heterocycles. The Labute approximate surface area is 86.5 Å². The largest absolute Gasteiger partial charge is 0.214 e. The first kappa shape index (κ1) is 10.4. The lowest BCUT2D eigenvalue weighted by Crippen LogP contribution is -2.38. The lowest BCUT2D eigenvalue weighted by Gasteiger charge is -2.23. The molecule has 2 rings (SSSR count). The van der Waals surface area contributed by atoms with Crippen LogP contribution in [0, 0.1) is 5.92 Å². The average Bonchev–Trinajstić information content (AvgIpc) is 2.83. The maximum absolute atomic E-state index is 11.9. The Hall–Kier alpha value is -0.0900. The van der Waals surface area contributed by atoms with Gasteiger partial charge in [-0.2, -0.15) is 4.31 Å². The van der Waals surface area contributed by atoms with Gasteiger partial charge in [-0.1, -0.05) is 6.92 Å². The molecule has 1 heterocycles. The maximum Gasteiger partial charge on any atom is 0.214 e. The molecule has 1 saturated carbocycles. The molecule has 1 unspecified atom stereocenters. The summed E-state index contributed by atoms with van der Waals surface area (Å²) in [5, 5.41) is 0. The number of sulfonamides is 1. The second-order valence-electron chi connectivity index (χ2n) is 4.47. The lowest BCUT2D eigenvalue weighted by atomic mass is 10.1. The number of rotatable bonds is 4. The molecule has 2 aliphatic rings. The summed E-state index contributed by atoms with van der Waals surface area (Å²) in [7, 11) is -2.93. The van der Waals surface area contributed by atoms with Crippen LogP contribution < -0.4 is 0 Å². The van der Waals surface area contributed by atoms with Crippen LogP contribution in [-0.4, -0.2) is 31.1 Å². The Balaban J connectivity index is 2.08. The van der Waals surface area contributed by atoms with Gasteiger partial charge in [0.25, 0.3) is 0 Å². The summed E-state index contributed by atoms with van der Waals surface area (Å²) in [6.45, 7) is 2.70. The summed E-state index contributed by atoms with van der Waals surface area (Å²) in [6, 6.07) is 0.353. The van der Waals surface area contributed by atoms with Crippen LogP contribution in [0.2, 0.25) is 0 Å². The molecule has 1 aliphatic heterocycles. The second kappa shape index (κ2) is 3.81. The van der Waals surface area contributed by atoms with E-state index < -0.39 is 10.0 Å². The SMILES string of the molecule is CCCS(=O)(=O)N1CCCC1C1CC1. The average molecular weight is 217 g/mol.